The summed E-state index contributed by atoms with van der Waals surface area (Å²) < 4.78 is 2.37. The van der Waals surface area contributed by atoms with E-state index in [1.165, 1.54) is 88.3 Å². The molecule has 9 aromatic rings. The van der Waals surface area contributed by atoms with E-state index in [9.17, 15) is 0 Å². The van der Waals surface area contributed by atoms with E-state index >= 15 is 0 Å². The Bertz CT molecular complexity index is 3190. The van der Waals surface area contributed by atoms with Gasteiger partial charge in [0, 0.05) is 29.6 Å². The van der Waals surface area contributed by atoms with Crippen LogP contribution in [0, 0.1) is 18.1 Å². The van der Waals surface area contributed by atoms with Gasteiger partial charge in [0.05, 0.1) is 8.07 Å². The van der Waals surface area contributed by atoms with Gasteiger partial charge in [0.15, 0.2) is 0 Å². The van der Waals surface area contributed by atoms with Crippen molar-refractivity contribution < 1.29 is 20.1 Å². The molecule has 0 spiro atoms. The first-order valence-electron chi connectivity index (χ1n) is 25.8. The molecule has 0 N–H and O–H groups in total. The summed E-state index contributed by atoms with van der Waals surface area (Å²) in [5.74, 6) is 1.74. The van der Waals surface area contributed by atoms with Crippen LogP contribution in [0.3, 0.4) is 0 Å². The van der Waals surface area contributed by atoms with Crippen molar-refractivity contribution in [3.8, 4) is 28.1 Å². The van der Waals surface area contributed by atoms with E-state index in [1.807, 2.05) is 12.1 Å². The summed E-state index contributed by atoms with van der Waals surface area (Å²) >= 11 is 0. The van der Waals surface area contributed by atoms with Crippen LogP contribution < -0.4 is 10.1 Å². The third kappa shape index (κ3) is 10.6. The zero-order valence-electron chi connectivity index (χ0n) is 42.5. The van der Waals surface area contributed by atoms with Gasteiger partial charge in [0.2, 0.25) is 0 Å². The predicted octanol–water partition coefficient (Wildman–Crippen LogP) is 17.4. The average Bonchev–Trinajstić information content (AvgIpc) is 3.92. The van der Waals surface area contributed by atoms with Crippen molar-refractivity contribution in [3.05, 3.63) is 215 Å². The number of aromatic nitrogens is 2. The van der Waals surface area contributed by atoms with Gasteiger partial charge in [-0.3, -0.25) is 0 Å². The van der Waals surface area contributed by atoms with Crippen LogP contribution >= 0.6 is 0 Å². The second kappa shape index (κ2) is 21.8. The SMILES string of the molecule is CC(C)c1cccc(C(C)C)c1CN1c2ccccc2[N-]C1c1[c-]cc2c(c1)c1cc(-c3ccccc3)ccc1n2-c1ccccc1.C[Si](C)(C)c1cnc(-c2[c-]cccc2)cc1CC1CCCCC1.[Ir+3]. The maximum Gasteiger partial charge on any atom is 3.00 e. The maximum atomic E-state index is 5.35. The molecule has 0 saturated heterocycles. The molecule has 1 atom stereocenters. The minimum atomic E-state index is -1.36. The van der Waals surface area contributed by atoms with Crippen molar-refractivity contribution in [1.29, 1.82) is 0 Å². The zero-order chi connectivity index (χ0) is 48.4. The van der Waals surface area contributed by atoms with Crippen molar-refractivity contribution in [2.24, 2.45) is 5.92 Å². The van der Waals surface area contributed by atoms with Crippen LogP contribution in [0.1, 0.15) is 106 Å². The number of para-hydroxylation sites is 3. The third-order valence-electron chi connectivity index (χ3n) is 14.7. The van der Waals surface area contributed by atoms with Gasteiger partial charge < -0.3 is 19.8 Å². The van der Waals surface area contributed by atoms with E-state index in [4.69, 9.17) is 10.3 Å². The second-order valence-corrected chi connectivity index (χ2v) is 26.3. The summed E-state index contributed by atoms with van der Waals surface area (Å²) in [6.07, 6.45) is 10.3. The van der Waals surface area contributed by atoms with E-state index in [0.29, 0.717) is 11.8 Å². The Hall–Kier alpha value is -6.04. The fraction of sp³-hybridized carbons (Fsp3) is 0.277. The summed E-state index contributed by atoms with van der Waals surface area (Å²) in [5.41, 5.74) is 17.2. The molecule has 1 saturated carbocycles. The largest absolute Gasteiger partial charge is 3.00 e. The summed E-state index contributed by atoms with van der Waals surface area (Å²) in [6.45, 7) is 17.3. The molecule has 6 heteroatoms. The smallest absolute Gasteiger partial charge is 0.661 e. The van der Waals surface area contributed by atoms with Crippen LogP contribution in [-0.2, 0) is 33.1 Å². The molecule has 7 aromatic carbocycles. The number of hydrogen-bond acceptors (Lipinski definition) is 2. The molecule has 0 radical (unpaired) electrons. The predicted molar refractivity (Wildman–Crippen MR) is 300 cm³/mol. The van der Waals surface area contributed by atoms with Gasteiger partial charge in [0.1, 0.15) is 0 Å². The van der Waals surface area contributed by atoms with E-state index in [1.54, 1.807) is 10.8 Å². The summed E-state index contributed by atoms with van der Waals surface area (Å²) in [6, 6.07) is 65.7. The molecule has 3 heterocycles. The van der Waals surface area contributed by atoms with Crippen molar-refractivity contribution in [2.75, 3.05) is 4.90 Å². The van der Waals surface area contributed by atoms with E-state index < -0.39 is 8.07 Å². The molecule has 1 aliphatic carbocycles. The number of pyridine rings is 1. The fourth-order valence-corrected chi connectivity index (χ4v) is 12.7. The fourth-order valence-electron chi connectivity index (χ4n) is 11.2. The summed E-state index contributed by atoms with van der Waals surface area (Å²) in [4.78, 5) is 7.26. The Balaban J connectivity index is 0.000000219. The maximum absolute atomic E-state index is 5.35. The van der Waals surface area contributed by atoms with Crippen LogP contribution in [0.4, 0.5) is 11.4 Å². The molecule has 2 aromatic heterocycles. The number of fused-ring (bicyclic) bond motifs is 4. The molecular weight excluding hydrogens is 1060 g/mol. The molecule has 0 amide bonds. The third-order valence-corrected chi connectivity index (χ3v) is 16.8. The van der Waals surface area contributed by atoms with E-state index in [0.717, 1.165) is 46.2 Å². The van der Waals surface area contributed by atoms with Gasteiger partial charge in [-0.1, -0.05) is 188 Å². The molecule has 1 unspecified atom stereocenters. The quantitative estimate of drug-likeness (QED) is 0.0956. The van der Waals surface area contributed by atoms with Crippen LogP contribution in [0.2, 0.25) is 19.6 Å². The molecule has 2 aliphatic rings. The van der Waals surface area contributed by atoms with Gasteiger partial charge in [-0.25, -0.2) is 0 Å². The van der Waals surface area contributed by atoms with Gasteiger partial charge >= 0.3 is 20.1 Å². The van der Waals surface area contributed by atoms with E-state index in [2.05, 4.69) is 227 Å². The standard InChI is InChI=1S/C44H39N3.C21H28NSi.Ir/c1-29(2)35-18-13-19-36(30(3)4)39(35)28-46-43-21-12-11-20-40(43)45-44(46)33-23-25-42-38(27-33)37-26-32(31-14-7-5-8-15-31)22-24-41(37)47(42)34-16-9-6-10-17-34;1-23(2,3)21-16-22-20(18-12-8-5-9-13-18)15-19(21)14-17-10-6-4-7-11-17;/h5-22,24-27,29-30,44H,28H2,1-4H3;5,8-9,12,15-17H,4,6-7,10-11,14H2,1-3H3;/q-2;-1;+3. The van der Waals surface area contributed by atoms with E-state index in [-0.39, 0.29) is 26.3 Å². The number of hydrogen-bond donors (Lipinski definition) is 0. The molecule has 1 fully saturated rings. The molecule has 11 rings (SSSR count). The molecule has 360 valence electrons. The summed E-state index contributed by atoms with van der Waals surface area (Å²) in [7, 11) is -1.36. The first kappa shape index (κ1) is 49.9. The Morgan fingerprint density at radius 3 is 2.03 bits per heavy atom. The Morgan fingerprint density at radius 1 is 0.662 bits per heavy atom. The second-order valence-electron chi connectivity index (χ2n) is 21.3. The van der Waals surface area contributed by atoms with Gasteiger partial charge in [0.25, 0.3) is 0 Å². The molecular formula is C65H67IrN4Si. The Labute approximate surface area is 438 Å². The monoisotopic (exact) mass is 1120 g/mol. The molecule has 1 aliphatic heterocycles. The first-order chi connectivity index (χ1) is 34.0. The minimum Gasteiger partial charge on any atom is -0.661 e. The Kier molecular flexibility index (Phi) is 15.3. The van der Waals surface area contributed by atoms with Gasteiger partial charge in [-0.15, -0.1) is 47.0 Å². The number of rotatable bonds is 11. The van der Waals surface area contributed by atoms with Crippen molar-refractivity contribution in [3.63, 3.8) is 0 Å². The Morgan fingerprint density at radius 2 is 1.34 bits per heavy atom. The van der Waals surface area contributed by atoms with Crippen LogP contribution in [0.25, 0.3) is 55.2 Å². The normalized spacial score (nSPS) is 14.8. The van der Waals surface area contributed by atoms with Crippen LogP contribution in [0.5, 0.6) is 0 Å². The van der Waals surface area contributed by atoms with Crippen molar-refractivity contribution in [1.82, 2.24) is 9.55 Å². The number of benzene rings is 7. The van der Waals surface area contributed by atoms with Crippen molar-refractivity contribution >= 4 is 46.4 Å². The van der Waals surface area contributed by atoms with Gasteiger partial charge in [-0.2, -0.15) is 23.8 Å². The number of nitrogens with zero attached hydrogens (tertiary/aromatic N) is 4. The molecule has 0 bridgehead atoms. The van der Waals surface area contributed by atoms with Crippen molar-refractivity contribution in [2.45, 2.75) is 110 Å². The number of anilines is 1. The van der Waals surface area contributed by atoms with Crippen LogP contribution in [-0.4, -0.2) is 17.6 Å². The minimum absolute atomic E-state index is 0. The van der Waals surface area contributed by atoms with Gasteiger partial charge in [-0.05, 0) is 105 Å². The molecule has 71 heavy (non-hydrogen) atoms. The van der Waals surface area contributed by atoms with Crippen LogP contribution in [0.15, 0.2) is 170 Å². The first-order valence-corrected chi connectivity index (χ1v) is 29.3. The topological polar surface area (TPSA) is 35.2 Å². The zero-order valence-corrected chi connectivity index (χ0v) is 45.9. The molecule has 4 nitrogen and oxygen atoms in total. The summed E-state index contributed by atoms with van der Waals surface area (Å²) in [5, 5.41) is 9.34. The average molecular weight is 1120 g/mol.